The SMILES string of the molecule is COc1nn(C)cc1C(=O)Nc1cccc(-c2nc3ccccc3s2)c1. The second-order valence-corrected chi connectivity index (χ2v) is 6.78. The molecule has 7 heteroatoms. The third kappa shape index (κ3) is 3.04. The van der Waals surface area contributed by atoms with E-state index in [4.69, 9.17) is 4.74 Å². The Morgan fingerprint density at radius 2 is 2.04 bits per heavy atom. The topological polar surface area (TPSA) is 69.0 Å². The first-order chi connectivity index (χ1) is 12.6. The molecule has 0 aliphatic carbocycles. The van der Waals surface area contributed by atoms with E-state index in [1.807, 2.05) is 42.5 Å². The summed E-state index contributed by atoms with van der Waals surface area (Å²) in [7, 11) is 3.24. The van der Waals surface area contributed by atoms with Crippen molar-refractivity contribution in [3.63, 3.8) is 0 Å². The average molecular weight is 364 g/mol. The van der Waals surface area contributed by atoms with Gasteiger partial charge < -0.3 is 10.1 Å². The van der Waals surface area contributed by atoms with Gasteiger partial charge in [-0.05, 0) is 24.3 Å². The number of amides is 1. The number of fused-ring (bicyclic) bond motifs is 1. The summed E-state index contributed by atoms with van der Waals surface area (Å²) in [6, 6.07) is 15.7. The monoisotopic (exact) mass is 364 g/mol. The molecule has 0 spiro atoms. The van der Waals surface area contributed by atoms with E-state index in [0.717, 1.165) is 20.8 Å². The molecule has 0 saturated carbocycles. The third-order valence-corrected chi connectivity index (χ3v) is 4.98. The molecular weight excluding hydrogens is 348 g/mol. The van der Waals surface area contributed by atoms with Crippen LogP contribution in [-0.2, 0) is 7.05 Å². The number of rotatable bonds is 4. The maximum absolute atomic E-state index is 12.5. The summed E-state index contributed by atoms with van der Waals surface area (Å²) in [6.45, 7) is 0. The Labute approximate surface area is 154 Å². The molecule has 2 aromatic carbocycles. The summed E-state index contributed by atoms with van der Waals surface area (Å²) in [6.07, 6.45) is 1.63. The summed E-state index contributed by atoms with van der Waals surface area (Å²) in [5.74, 6) is 0.0312. The van der Waals surface area contributed by atoms with Crippen LogP contribution in [0.3, 0.4) is 0 Å². The lowest BCUT2D eigenvalue weighted by Crippen LogP contribution is -2.12. The van der Waals surface area contributed by atoms with Crippen LogP contribution >= 0.6 is 11.3 Å². The van der Waals surface area contributed by atoms with Gasteiger partial charge in [0.1, 0.15) is 10.6 Å². The molecule has 0 radical (unpaired) electrons. The van der Waals surface area contributed by atoms with Crippen LogP contribution in [0.25, 0.3) is 20.8 Å². The fraction of sp³-hybridized carbons (Fsp3) is 0.105. The first kappa shape index (κ1) is 16.3. The number of hydrogen-bond acceptors (Lipinski definition) is 5. The van der Waals surface area contributed by atoms with Crippen molar-refractivity contribution < 1.29 is 9.53 Å². The number of nitrogens with zero attached hydrogens (tertiary/aromatic N) is 3. The molecule has 0 aliphatic rings. The highest BCUT2D eigenvalue weighted by molar-refractivity contribution is 7.21. The molecule has 0 aliphatic heterocycles. The molecule has 26 heavy (non-hydrogen) atoms. The summed E-state index contributed by atoms with van der Waals surface area (Å²) in [5, 5.41) is 7.92. The van der Waals surface area contributed by atoms with Crippen LogP contribution < -0.4 is 10.1 Å². The molecule has 6 nitrogen and oxygen atoms in total. The normalized spacial score (nSPS) is 10.8. The molecule has 0 saturated heterocycles. The number of para-hydroxylation sites is 1. The third-order valence-electron chi connectivity index (χ3n) is 3.89. The van der Waals surface area contributed by atoms with E-state index in [1.165, 1.54) is 7.11 Å². The Kier molecular flexibility index (Phi) is 4.14. The van der Waals surface area contributed by atoms with Crippen molar-refractivity contribution >= 4 is 33.1 Å². The number of anilines is 1. The number of methoxy groups -OCH3 is 1. The first-order valence-electron chi connectivity index (χ1n) is 7.99. The van der Waals surface area contributed by atoms with Crippen LogP contribution in [0.15, 0.2) is 54.7 Å². The Bertz CT molecular complexity index is 1070. The van der Waals surface area contributed by atoms with E-state index in [2.05, 4.69) is 21.5 Å². The summed E-state index contributed by atoms with van der Waals surface area (Å²) in [4.78, 5) is 17.2. The molecule has 4 rings (SSSR count). The zero-order chi connectivity index (χ0) is 18.1. The number of ether oxygens (including phenoxy) is 1. The van der Waals surface area contributed by atoms with Gasteiger partial charge in [0.15, 0.2) is 0 Å². The van der Waals surface area contributed by atoms with E-state index < -0.39 is 0 Å². The Hall–Kier alpha value is -3.19. The van der Waals surface area contributed by atoms with Gasteiger partial charge in [0.25, 0.3) is 5.91 Å². The van der Waals surface area contributed by atoms with Crippen molar-refractivity contribution in [2.45, 2.75) is 0 Å². The fourth-order valence-electron chi connectivity index (χ4n) is 2.70. The van der Waals surface area contributed by atoms with Crippen LogP contribution in [-0.4, -0.2) is 27.8 Å². The molecule has 1 amide bonds. The van der Waals surface area contributed by atoms with Crippen molar-refractivity contribution in [3.05, 3.63) is 60.3 Å². The molecular formula is C19H16N4O2S. The van der Waals surface area contributed by atoms with Gasteiger partial charge in [-0.2, -0.15) is 0 Å². The van der Waals surface area contributed by atoms with Crippen molar-refractivity contribution in [2.24, 2.45) is 7.05 Å². The van der Waals surface area contributed by atoms with Crippen molar-refractivity contribution in [1.29, 1.82) is 0 Å². The second-order valence-electron chi connectivity index (χ2n) is 5.75. The van der Waals surface area contributed by atoms with E-state index in [0.29, 0.717) is 17.1 Å². The number of thiazole rings is 1. The standard InChI is InChI=1S/C19H16N4O2S/c1-23-11-14(18(22-23)25-2)17(24)20-13-7-5-6-12(10-13)19-21-15-8-3-4-9-16(15)26-19/h3-11H,1-2H3,(H,20,24). The number of carbonyl (C=O) groups excluding carboxylic acids is 1. The largest absolute Gasteiger partial charge is 0.479 e. The van der Waals surface area contributed by atoms with Gasteiger partial charge in [-0.3, -0.25) is 9.48 Å². The van der Waals surface area contributed by atoms with Gasteiger partial charge in [0, 0.05) is 24.5 Å². The predicted octanol–water partition coefficient (Wildman–Crippen LogP) is 3.96. The minimum atomic E-state index is -0.267. The zero-order valence-electron chi connectivity index (χ0n) is 14.3. The highest BCUT2D eigenvalue weighted by atomic mass is 32.1. The number of carbonyl (C=O) groups is 1. The van der Waals surface area contributed by atoms with Crippen LogP contribution in [0, 0.1) is 0 Å². The number of hydrogen-bond donors (Lipinski definition) is 1. The predicted molar refractivity (Wildman–Crippen MR) is 103 cm³/mol. The van der Waals surface area contributed by atoms with Crippen LogP contribution in [0.2, 0.25) is 0 Å². The molecule has 2 heterocycles. The number of benzene rings is 2. The smallest absolute Gasteiger partial charge is 0.262 e. The first-order valence-corrected chi connectivity index (χ1v) is 8.80. The average Bonchev–Trinajstić information content (AvgIpc) is 3.25. The lowest BCUT2D eigenvalue weighted by Gasteiger charge is -2.06. The summed E-state index contributed by atoms with van der Waals surface area (Å²) in [5.41, 5.74) is 3.02. The Morgan fingerprint density at radius 3 is 2.85 bits per heavy atom. The highest BCUT2D eigenvalue weighted by Crippen LogP contribution is 2.31. The number of nitrogens with one attached hydrogen (secondary N) is 1. The van der Waals surface area contributed by atoms with Gasteiger partial charge in [0.2, 0.25) is 5.88 Å². The molecule has 2 aromatic heterocycles. The lowest BCUT2D eigenvalue weighted by molar-refractivity contribution is 0.102. The van der Waals surface area contributed by atoms with Gasteiger partial charge in [-0.1, -0.05) is 24.3 Å². The maximum Gasteiger partial charge on any atom is 0.262 e. The van der Waals surface area contributed by atoms with Gasteiger partial charge >= 0.3 is 0 Å². The van der Waals surface area contributed by atoms with Crippen molar-refractivity contribution in [3.8, 4) is 16.5 Å². The van der Waals surface area contributed by atoms with E-state index in [-0.39, 0.29) is 5.91 Å². The lowest BCUT2D eigenvalue weighted by atomic mass is 10.2. The Balaban J connectivity index is 1.62. The number of aromatic nitrogens is 3. The van der Waals surface area contributed by atoms with Crippen LogP contribution in [0.5, 0.6) is 5.88 Å². The van der Waals surface area contributed by atoms with Crippen molar-refractivity contribution in [1.82, 2.24) is 14.8 Å². The summed E-state index contributed by atoms with van der Waals surface area (Å²) < 4.78 is 7.83. The maximum atomic E-state index is 12.5. The van der Waals surface area contributed by atoms with Gasteiger partial charge in [-0.25, -0.2) is 4.98 Å². The Morgan fingerprint density at radius 1 is 1.19 bits per heavy atom. The van der Waals surface area contributed by atoms with E-state index in [1.54, 1.807) is 29.3 Å². The molecule has 130 valence electrons. The van der Waals surface area contributed by atoms with Crippen molar-refractivity contribution in [2.75, 3.05) is 12.4 Å². The molecule has 0 unspecified atom stereocenters. The zero-order valence-corrected chi connectivity index (χ0v) is 15.1. The van der Waals surface area contributed by atoms with E-state index >= 15 is 0 Å². The fourth-order valence-corrected chi connectivity index (χ4v) is 3.66. The molecule has 0 atom stereocenters. The summed E-state index contributed by atoms with van der Waals surface area (Å²) >= 11 is 1.63. The van der Waals surface area contributed by atoms with Crippen LogP contribution in [0.4, 0.5) is 5.69 Å². The molecule has 0 bridgehead atoms. The van der Waals surface area contributed by atoms with E-state index in [9.17, 15) is 4.79 Å². The highest BCUT2D eigenvalue weighted by Gasteiger charge is 2.17. The van der Waals surface area contributed by atoms with Gasteiger partial charge in [0.05, 0.1) is 17.3 Å². The molecule has 1 N–H and O–H groups in total. The number of aryl methyl sites for hydroxylation is 1. The molecule has 0 fully saturated rings. The second kappa shape index (κ2) is 6.61. The minimum Gasteiger partial charge on any atom is -0.479 e. The van der Waals surface area contributed by atoms with Crippen LogP contribution in [0.1, 0.15) is 10.4 Å². The quantitative estimate of drug-likeness (QED) is 0.595. The van der Waals surface area contributed by atoms with Gasteiger partial charge in [-0.15, -0.1) is 16.4 Å². The minimum absolute atomic E-state index is 0.267. The molecule has 4 aromatic rings.